The summed E-state index contributed by atoms with van der Waals surface area (Å²) >= 11 is 0. The fourth-order valence-corrected chi connectivity index (χ4v) is 1.69. The van der Waals surface area contributed by atoms with E-state index in [2.05, 4.69) is 24.5 Å². The number of amides is 1. The Morgan fingerprint density at radius 2 is 2.05 bits per heavy atom. The maximum atomic E-state index is 11.4. The molecule has 0 aliphatic carbocycles. The third-order valence-corrected chi connectivity index (χ3v) is 2.92. The zero-order chi connectivity index (χ0) is 13.6. The average Bonchev–Trinajstić information content (AvgIpc) is 2.37. The van der Waals surface area contributed by atoms with Crippen molar-refractivity contribution in [1.29, 1.82) is 0 Å². The highest BCUT2D eigenvalue weighted by atomic mass is 35.5. The molecule has 1 rings (SSSR count). The molecule has 0 heterocycles. The number of methoxy groups -OCH3 is 1. The number of hydrogen-bond donors (Lipinski definition) is 2. The van der Waals surface area contributed by atoms with Gasteiger partial charge < -0.3 is 15.4 Å². The third kappa shape index (κ3) is 5.49. The first-order valence-corrected chi connectivity index (χ1v) is 6.05. The van der Waals surface area contributed by atoms with Gasteiger partial charge >= 0.3 is 0 Å². The van der Waals surface area contributed by atoms with Gasteiger partial charge in [-0.25, -0.2) is 0 Å². The Kier molecular flexibility index (Phi) is 7.49. The second kappa shape index (κ2) is 8.02. The molecule has 5 heteroatoms. The molecule has 0 spiro atoms. The van der Waals surface area contributed by atoms with Crippen LogP contribution in [0.4, 0.5) is 0 Å². The Morgan fingerprint density at radius 3 is 2.63 bits per heavy atom. The lowest BCUT2D eigenvalue weighted by atomic mass is 9.84. The average molecular weight is 287 g/mol. The van der Waals surface area contributed by atoms with Crippen LogP contribution in [-0.2, 0) is 10.2 Å². The standard InChI is InChI=1S/C14H22N2O2.ClH/c1-14(2,10-16-13(17)9-15-3)11-6-5-7-12(8-11)18-4;/h5-8,15H,9-10H2,1-4H3,(H,16,17);1H. The fourth-order valence-electron chi connectivity index (χ4n) is 1.69. The minimum atomic E-state index is -0.127. The number of rotatable bonds is 6. The highest BCUT2D eigenvalue weighted by molar-refractivity contribution is 5.85. The van der Waals surface area contributed by atoms with Gasteiger partial charge in [0.1, 0.15) is 5.75 Å². The molecule has 0 bridgehead atoms. The van der Waals surface area contributed by atoms with Crippen LogP contribution in [0.2, 0.25) is 0 Å². The lowest BCUT2D eigenvalue weighted by Crippen LogP contribution is -2.40. The number of carbonyl (C=O) groups is 1. The van der Waals surface area contributed by atoms with Gasteiger partial charge in [-0.05, 0) is 24.7 Å². The van der Waals surface area contributed by atoms with Gasteiger partial charge in [-0.15, -0.1) is 12.4 Å². The number of benzene rings is 1. The second-order valence-corrected chi connectivity index (χ2v) is 4.92. The van der Waals surface area contributed by atoms with Gasteiger partial charge in [-0.2, -0.15) is 0 Å². The highest BCUT2D eigenvalue weighted by Crippen LogP contribution is 2.25. The second-order valence-electron chi connectivity index (χ2n) is 4.92. The first-order chi connectivity index (χ1) is 8.49. The van der Waals surface area contributed by atoms with Crippen molar-refractivity contribution in [3.05, 3.63) is 29.8 Å². The molecule has 2 N–H and O–H groups in total. The molecule has 1 amide bonds. The molecule has 0 radical (unpaired) electrons. The van der Waals surface area contributed by atoms with Gasteiger partial charge in [0.15, 0.2) is 0 Å². The van der Waals surface area contributed by atoms with E-state index in [0.29, 0.717) is 13.1 Å². The van der Waals surface area contributed by atoms with Crippen LogP contribution in [0.5, 0.6) is 5.75 Å². The number of carbonyl (C=O) groups excluding carboxylic acids is 1. The SMILES string of the molecule is CNCC(=O)NCC(C)(C)c1cccc(OC)c1.Cl. The predicted molar refractivity (Wildman–Crippen MR) is 80.2 cm³/mol. The molecule has 0 unspecified atom stereocenters. The van der Waals surface area contributed by atoms with E-state index < -0.39 is 0 Å². The van der Waals surface area contributed by atoms with Gasteiger partial charge in [0.25, 0.3) is 0 Å². The summed E-state index contributed by atoms with van der Waals surface area (Å²) in [6, 6.07) is 7.93. The summed E-state index contributed by atoms with van der Waals surface area (Å²) < 4.78 is 5.22. The molecule has 0 aromatic heterocycles. The Hall–Kier alpha value is -1.26. The zero-order valence-corrected chi connectivity index (χ0v) is 12.8. The minimum absolute atomic E-state index is 0. The van der Waals surface area contributed by atoms with Gasteiger partial charge in [0.05, 0.1) is 13.7 Å². The van der Waals surface area contributed by atoms with E-state index in [-0.39, 0.29) is 23.7 Å². The molecule has 1 aromatic carbocycles. The highest BCUT2D eigenvalue weighted by Gasteiger charge is 2.21. The molecule has 1 aromatic rings. The number of hydrogen-bond acceptors (Lipinski definition) is 3. The smallest absolute Gasteiger partial charge is 0.233 e. The van der Waals surface area contributed by atoms with Crippen molar-refractivity contribution in [2.24, 2.45) is 0 Å². The number of ether oxygens (including phenoxy) is 1. The zero-order valence-electron chi connectivity index (χ0n) is 11.9. The van der Waals surface area contributed by atoms with Crippen LogP contribution in [0.1, 0.15) is 19.4 Å². The van der Waals surface area contributed by atoms with E-state index in [9.17, 15) is 4.79 Å². The molecule has 19 heavy (non-hydrogen) atoms. The van der Waals surface area contributed by atoms with Crippen molar-refractivity contribution in [3.8, 4) is 5.75 Å². The summed E-state index contributed by atoms with van der Waals surface area (Å²) in [6.07, 6.45) is 0. The van der Waals surface area contributed by atoms with E-state index in [0.717, 1.165) is 11.3 Å². The topological polar surface area (TPSA) is 50.4 Å². The normalized spacial score (nSPS) is 10.5. The molecule has 0 aliphatic heterocycles. The van der Waals surface area contributed by atoms with Crippen molar-refractivity contribution in [2.45, 2.75) is 19.3 Å². The van der Waals surface area contributed by atoms with E-state index in [1.807, 2.05) is 24.3 Å². The maximum Gasteiger partial charge on any atom is 0.233 e. The Balaban J connectivity index is 0.00000324. The molecule has 0 aliphatic rings. The van der Waals surface area contributed by atoms with E-state index in [4.69, 9.17) is 4.74 Å². The van der Waals surface area contributed by atoms with Crippen LogP contribution in [0.15, 0.2) is 24.3 Å². The van der Waals surface area contributed by atoms with Crippen molar-refractivity contribution >= 4 is 18.3 Å². The van der Waals surface area contributed by atoms with E-state index in [1.165, 1.54) is 0 Å². The molecule has 4 nitrogen and oxygen atoms in total. The Labute approximate surface area is 121 Å². The van der Waals surface area contributed by atoms with Crippen LogP contribution in [0, 0.1) is 0 Å². The molecule has 0 saturated carbocycles. The molecular weight excluding hydrogens is 264 g/mol. The van der Waals surface area contributed by atoms with Crippen LogP contribution >= 0.6 is 12.4 Å². The summed E-state index contributed by atoms with van der Waals surface area (Å²) in [5, 5.41) is 5.75. The Morgan fingerprint density at radius 1 is 1.37 bits per heavy atom. The number of halogens is 1. The first kappa shape index (κ1) is 17.7. The van der Waals surface area contributed by atoms with Crippen LogP contribution in [0.25, 0.3) is 0 Å². The predicted octanol–water partition coefficient (Wildman–Crippen LogP) is 1.73. The van der Waals surface area contributed by atoms with Crippen LogP contribution in [0.3, 0.4) is 0 Å². The summed E-state index contributed by atoms with van der Waals surface area (Å²) in [7, 11) is 3.41. The summed E-state index contributed by atoms with van der Waals surface area (Å²) in [5.41, 5.74) is 1.02. The molecule has 0 atom stereocenters. The van der Waals surface area contributed by atoms with E-state index in [1.54, 1.807) is 14.2 Å². The third-order valence-electron chi connectivity index (χ3n) is 2.92. The number of likely N-dealkylation sites (N-methyl/N-ethyl adjacent to an activating group) is 1. The lowest BCUT2D eigenvalue weighted by Gasteiger charge is -2.26. The van der Waals surface area contributed by atoms with Crippen molar-refractivity contribution in [2.75, 3.05) is 27.2 Å². The quantitative estimate of drug-likeness (QED) is 0.837. The van der Waals surface area contributed by atoms with Crippen molar-refractivity contribution in [1.82, 2.24) is 10.6 Å². The Bertz CT molecular complexity index is 408. The van der Waals surface area contributed by atoms with Gasteiger partial charge in [-0.1, -0.05) is 26.0 Å². The van der Waals surface area contributed by atoms with Crippen LogP contribution in [-0.4, -0.2) is 33.2 Å². The lowest BCUT2D eigenvalue weighted by molar-refractivity contribution is -0.120. The summed E-state index contributed by atoms with van der Waals surface area (Å²) in [6.45, 7) is 5.14. The van der Waals surface area contributed by atoms with Crippen molar-refractivity contribution in [3.63, 3.8) is 0 Å². The molecule has 108 valence electrons. The van der Waals surface area contributed by atoms with Gasteiger partial charge in [0, 0.05) is 12.0 Å². The maximum absolute atomic E-state index is 11.4. The van der Waals surface area contributed by atoms with E-state index >= 15 is 0 Å². The summed E-state index contributed by atoms with van der Waals surface area (Å²) in [4.78, 5) is 11.4. The molecule has 0 fully saturated rings. The summed E-state index contributed by atoms with van der Waals surface area (Å²) in [5.74, 6) is 0.843. The molecule has 0 saturated heterocycles. The minimum Gasteiger partial charge on any atom is -0.497 e. The first-order valence-electron chi connectivity index (χ1n) is 6.05. The number of nitrogens with one attached hydrogen (secondary N) is 2. The van der Waals surface area contributed by atoms with Gasteiger partial charge in [-0.3, -0.25) is 4.79 Å². The largest absolute Gasteiger partial charge is 0.497 e. The fraction of sp³-hybridized carbons (Fsp3) is 0.500. The van der Waals surface area contributed by atoms with Crippen LogP contribution < -0.4 is 15.4 Å². The monoisotopic (exact) mass is 286 g/mol. The molecular formula is C14H23ClN2O2. The van der Waals surface area contributed by atoms with Crippen molar-refractivity contribution < 1.29 is 9.53 Å². The van der Waals surface area contributed by atoms with Gasteiger partial charge in [0.2, 0.25) is 5.91 Å².